The number of halogens is 1. The number of hydrogen-bond donors (Lipinski definition) is 2. The maximum absolute atomic E-state index is 12.1. The van der Waals surface area contributed by atoms with E-state index in [1.807, 2.05) is 24.3 Å². The average molecular weight is 378 g/mol. The van der Waals surface area contributed by atoms with Crippen LogP contribution < -0.4 is 10.6 Å². The highest BCUT2D eigenvalue weighted by Crippen LogP contribution is 2.28. The summed E-state index contributed by atoms with van der Waals surface area (Å²) < 4.78 is 0. The van der Waals surface area contributed by atoms with Crippen LogP contribution in [0.4, 0.5) is 4.79 Å². The molecule has 6 heteroatoms. The Morgan fingerprint density at radius 2 is 1.85 bits per heavy atom. The number of benzene rings is 1. The van der Waals surface area contributed by atoms with Crippen molar-refractivity contribution in [2.45, 2.75) is 64.1 Å². The van der Waals surface area contributed by atoms with Gasteiger partial charge in [0.2, 0.25) is 5.91 Å². The van der Waals surface area contributed by atoms with E-state index in [9.17, 15) is 9.59 Å². The number of rotatable bonds is 5. The summed E-state index contributed by atoms with van der Waals surface area (Å²) >= 11 is 5.86. The Morgan fingerprint density at radius 3 is 2.46 bits per heavy atom. The molecule has 2 N–H and O–H groups in total. The van der Waals surface area contributed by atoms with Gasteiger partial charge in [-0.2, -0.15) is 0 Å². The Bertz CT molecular complexity index is 626. The van der Waals surface area contributed by atoms with Gasteiger partial charge in [-0.05, 0) is 62.6 Å². The predicted octanol–water partition coefficient (Wildman–Crippen LogP) is 3.71. The molecule has 1 aromatic carbocycles. The average Bonchev–Trinajstić information content (AvgIpc) is 2.95. The Balaban J connectivity index is 1.36. The van der Waals surface area contributed by atoms with Crippen LogP contribution in [0.25, 0.3) is 0 Å². The van der Waals surface area contributed by atoms with Crippen molar-refractivity contribution < 1.29 is 9.59 Å². The molecule has 1 unspecified atom stereocenters. The van der Waals surface area contributed by atoms with Crippen molar-refractivity contribution in [1.82, 2.24) is 15.5 Å². The van der Waals surface area contributed by atoms with Crippen LogP contribution in [0.3, 0.4) is 0 Å². The van der Waals surface area contributed by atoms with Crippen LogP contribution in [0.15, 0.2) is 24.3 Å². The van der Waals surface area contributed by atoms with Gasteiger partial charge in [-0.25, -0.2) is 4.79 Å². The van der Waals surface area contributed by atoms with Gasteiger partial charge in [0.15, 0.2) is 0 Å². The highest BCUT2D eigenvalue weighted by molar-refractivity contribution is 6.30. The number of urea groups is 1. The van der Waals surface area contributed by atoms with E-state index in [0.717, 1.165) is 44.2 Å². The lowest BCUT2D eigenvalue weighted by molar-refractivity contribution is -0.129. The van der Waals surface area contributed by atoms with Gasteiger partial charge < -0.3 is 15.5 Å². The molecule has 142 valence electrons. The molecule has 0 aromatic heterocycles. The molecular weight excluding hydrogens is 350 g/mol. The fourth-order valence-electron chi connectivity index (χ4n) is 3.95. The Labute approximate surface area is 160 Å². The van der Waals surface area contributed by atoms with Gasteiger partial charge in [0.25, 0.3) is 0 Å². The topological polar surface area (TPSA) is 61.4 Å². The monoisotopic (exact) mass is 377 g/mol. The number of nitrogens with zero attached hydrogens (tertiary/aromatic N) is 1. The van der Waals surface area contributed by atoms with Crippen molar-refractivity contribution in [2.24, 2.45) is 5.92 Å². The summed E-state index contributed by atoms with van der Waals surface area (Å²) in [5.41, 5.74) is 1.03. The van der Waals surface area contributed by atoms with Crippen LogP contribution >= 0.6 is 11.6 Å². The molecule has 2 aliphatic rings. The molecule has 5 nitrogen and oxygen atoms in total. The smallest absolute Gasteiger partial charge is 0.315 e. The molecule has 1 heterocycles. The number of carbonyl (C=O) groups is 2. The third-order valence-corrected chi connectivity index (χ3v) is 5.88. The van der Waals surface area contributed by atoms with Gasteiger partial charge in [0.1, 0.15) is 0 Å². The van der Waals surface area contributed by atoms with Crippen LogP contribution in [-0.4, -0.2) is 35.5 Å². The minimum absolute atomic E-state index is 0.119. The summed E-state index contributed by atoms with van der Waals surface area (Å²) in [5, 5.41) is 6.67. The van der Waals surface area contributed by atoms with Gasteiger partial charge in [0.05, 0.1) is 0 Å². The fourth-order valence-corrected chi connectivity index (χ4v) is 4.07. The van der Waals surface area contributed by atoms with Crippen molar-refractivity contribution in [3.05, 3.63) is 34.9 Å². The van der Waals surface area contributed by atoms with Gasteiger partial charge in [0, 0.05) is 36.6 Å². The third kappa shape index (κ3) is 5.13. The third-order valence-electron chi connectivity index (χ3n) is 5.63. The highest BCUT2D eigenvalue weighted by atomic mass is 35.5. The number of likely N-dealkylation sites (tertiary alicyclic amines) is 1. The molecule has 1 atom stereocenters. The fraction of sp³-hybridized carbons (Fsp3) is 0.600. The zero-order chi connectivity index (χ0) is 18.5. The minimum Gasteiger partial charge on any atom is -0.340 e. The van der Waals surface area contributed by atoms with Crippen LogP contribution in [-0.2, 0) is 11.3 Å². The van der Waals surface area contributed by atoms with Crippen molar-refractivity contribution in [1.29, 1.82) is 0 Å². The first-order chi connectivity index (χ1) is 12.5. The second kappa shape index (κ2) is 8.76. The molecule has 3 rings (SSSR count). The summed E-state index contributed by atoms with van der Waals surface area (Å²) in [4.78, 5) is 26.1. The Hall–Kier alpha value is -1.75. The summed E-state index contributed by atoms with van der Waals surface area (Å²) in [6.07, 6.45) is 5.79. The van der Waals surface area contributed by atoms with Crippen LogP contribution in [0.5, 0.6) is 0 Å². The SMILES string of the molecule is CC1CCC(=O)N1CC1CCC(NC(=O)NCc2ccc(Cl)cc2)CC1. The molecule has 1 aromatic rings. The maximum atomic E-state index is 12.1. The first kappa shape index (κ1) is 19.0. The molecule has 1 saturated carbocycles. The van der Waals surface area contributed by atoms with E-state index in [1.165, 1.54) is 0 Å². The van der Waals surface area contributed by atoms with Crippen molar-refractivity contribution in [3.8, 4) is 0 Å². The molecular formula is C20H28ClN3O2. The number of carbonyl (C=O) groups excluding carboxylic acids is 2. The van der Waals surface area contributed by atoms with Gasteiger partial charge in [-0.1, -0.05) is 23.7 Å². The van der Waals surface area contributed by atoms with E-state index in [2.05, 4.69) is 22.5 Å². The standard InChI is InChI=1S/C20H28ClN3O2/c1-14-2-11-19(25)24(14)13-16-5-9-18(10-6-16)23-20(26)22-12-15-3-7-17(21)8-4-15/h3-4,7-8,14,16,18H,2,5-6,9-13H2,1H3,(H2,22,23,26). The lowest BCUT2D eigenvalue weighted by atomic mass is 9.85. The van der Waals surface area contributed by atoms with E-state index in [-0.39, 0.29) is 12.1 Å². The van der Waals surface area contributed by atoms with Gasteiger partial charge in [-0.3, -0.25) is 4.79 Å². The zero-order valence-corrected chi connectivity index (χ0v) is 16.1. The van der Waals surface area contributed by atoms with Crippen LogP contribution in [0, 0.1) is 5.92 Å². The molecule has 2 fully saturated rings. The largest absolute Gasteiger partial charge is 0.340 e. The lowest BCUT2D eigenvalue weighted by Gasteiger charge is -2.33. The second-order valence-corrected chi connectivity index (χ2v) is 8.04. The quantitative estimate of drug-likeness (QED) is 0.821. The van der Waals surface area contributed by atoms with Gasteiger partial charge in [-0.15, -0.1) is 0 Å². The van der Waals surface area contributed by atoms with Gasteiger partial charge >= 0.3 is 6.03 Å². The summed E-state index contributed by atoms with van der Waals surface area (Å²) in [6.45, 7) is 3.52. The molecule has 1 saturated heterocycles. The van der Waals surface area contributed by atoms with Crippen LogP contribution in [0.1, 0.15) is 51.0 Å². The first-order valence-corrected chi connectivity index (χ1v) is 9.97. The summed E-state index contributed by atoms with van der Waals surface area (Å²) in [5.74, 6) is 0.869. The second-order valence-electron chi connectivity index (χ2n) is 7.60. The molecule has 0 radical (unpaired) electrons. The number of hydrogen-bond acceptors (Lipinski definition) is 2. The normalized spacial score (nSPS) is 26.0. The van der Waals surface area contributed by atoms with Crippen molar-refractivity contribution in [3.63, 3.8) is 0 Å². The lowest BCUT2D eigenvalue weighted by Crippen LogP contribution is -2.44. The van der Waals surface area contributed by atoms with Crippen molar-refractivity contribution >= 4 is 23.5 Å². The molecule has 1 aliphatic carbocycles. The maximum Gasteiger partial charge on any atom is 0.315 e. The summed E-state index contributed by atoms with van der Waals surface area (Å²) in [7, 11) is 0. The summed E-state index contributed by atoms with van der Waals surface area (Å²) in [6, 6.07) is 7.96. The Morgan fingerprint density at radius 1 is 1.15 bits per heavy atom. The highest BCUT2D eigenvalue weighted by Gasteiger charge is 2.31. The minimum atomic E-state index is -0.119. The van der Waals surface area contributed by atoms with Crippen LogP contribution in [0.2, 0.25) is 5.02 Å². The number of amides is 3. The molecule has 0 bridgehead atoms. The molecule has 3 amide bonds. The van der Waals surface area contributed by atoms with E-state index in [0.29, 0.717) is 35.9 Å². The van der Waals surface area contributed by atoms with E-state index < -0.39 is 0 Å². The van der Waals surface area contributed by atoms with E-state index >= 15 is 0 Å². The Kier molecular flexibility index (Phi) is 6.41. The van der Waals surface area contributed by atoms with Crippen molar-refractivity contribution in [2.75, 3.05) is 6.54 Å². The first-order valence-electron chi connectivity index (χ1n) is 9.59. The molecule has 0 spiro atoms. The molecule has 26 heavy (non-hydrogen) atoms. The van der Waals surface area contributed by atoms with E-state index in [4.69, 9.17) is 11.6 Å². The predicted molar refractivity (Wildman–Crippen MR) is 103 cm³/mol. The number of nitrogens with one attached hydrogen (secondary N) is 2. The zero-order valence-electron chi connectivity index (χ0n) is 15.3. The molecule has 1 aliphatic heterocycles. The van der Waals surface area contributed by atoms with E-state index in [1.54, 1.807) is 0 Å².